The van der Waals surface area contributed by atoms with Crippen molar-refractivity contribution in [2.24, 2.45) is 0 Å². The maximum absolute atomic E-state index is 12.2. The van der Waals surface area contributed by atoms with E-state index in [4.69, 9.17) is 23.2 Å². The molecule has 1 N–H and O–H groups in total. The lowest BCUT2D eigenvalue weighted by molar-refractivity contribution is -0.119. The van der Waals surface area contributed by atoms with Gasteiger partial charge in [0.25, 0.3) is 0 Å². The van der Waals surface area contributed by atoms with Crippen molar-refractivity contribution in [3.63, 3.8) is 0 Å². The highest BCUT2D eigenvalue weighted by molar-refractivity contribution is 7.99. The summed E-state index contributed by atoms with van der Waals surface area (Å²) in [5.74, 6) is 0.904. The Bertz CT molecular complexity index is 900. The molecule has 1 amide bonds. The minimum absolute atomic E-state index is 0.0703. The van der Waals surface area contributed by atoms with Gasteiger partial charge in [-0.3, -0.25) is 4.79 Å². The van der Waals surface area contributed by atoms with Gasteiger partial charge in [0.2, 0.25) is 5.91 Å². The van der Waals surface area contributed by atoms with Gasteiger partial charge >= 0.3 is 0 Å². The molecule has 1 unspecified atom stereocenters. The Labute approximate surface area is 174 Å². The smallest absolute Gasteiger partial charge is 0.230 e. The molecule has 0 radical (unpaired) electrons. The van der Waals surface area contributed by atoms with Gasteiger partial charge in [-0.2, -0.15) is 0 Å². The average molecular weight is 446 g/mol. The van der Waals surface area contributed by atoms with E-state index >= 15 is 0 Å². The molecule has 1 atom stereocenters. The van der Waals surface area contributed by atoms with Crippen molar-refractivity contribution in [3.05, 3.63) is 63.6 Å². The highest BCUT2D eigenvalue weighted by Gasteiger charge is 2.14. The molecule has 2 rings (SSSR count). The van der Waals surface area contributed by atoms with Crippen LogP contribution >= 0.6 is 35.0 Å². The van der Waals surface area contributed by atoms with E-state index in [1.165, 1.54) is 18.0 Å². The van der Waals surface area contributed by atoms with Crippen molar-refractivity contribution in [1.29, 1.82) is 0 Å². The lowest BCUT2D eigenvalue weighted by atomic mass is 10.0. The molecule has 0 saturated heterocycles. The summed E-state index contributed by atoms with van der Waals surface area (Å²) in [5.41, 5.74) is 1.89. The average Bonchev–Trinajstić information content (AvgIpc) is 2.62. The predicted molar refractivity (Wildman–Crippen MR) is 113 cm³/mol. The third-order valence-electron chi connectivity index (χ3n) is 3.94. The highest BCUT2D eigenvalue weighted by Crippen LogP contribution is 2.25. The van der Waals surface area contributed by atoms with E-state index in [9.17, 15) is 13.2 Å². The van der Waals surface area contributed by atoms with Crippen molar-refractivity contribution in [2.45, 2.75) is 30.0 Å². The van der Waals surface area contributed by atoms with Crippen molar-refractivity contribution < 1.29 is 13.2 Å². The van der Waals surface area contributed by atoms with Gasteiger partial charge in [0, 0.05) is 12.0 Å². The number of halogens is 2. The summed E-state index contributed by atoms with van der Waals surface area (Å²) in [4.78, 5) is 12.5. The maximum Gasteiger partial charge on any atom is 0.230 e. The second-order valence-corrected chi connectivity index (χ2v) is 9.93. The topological polar surface area (TPSA) is 63.2 Å². The molecule has 4 nitrogen and oxygen atoms in total. The molecule has 146 valence electrons. The number of benzene rings is 2. The number of amides is 1. The SMILES string of the molecule is CCC(NC(=O)CSCc1ccc(Cl)c(Cl)c1)c1ccc(S(C)(=O)=O)cc1. The summed E-state index contributed by atoms with van der Waals surface area (Å²) >= 11 is 13.4. The molecule has 0 bridgehead atoms. The van der Waals surface area contributed by atoms with Gasteiger partial charge in [-0.1, -0.05) is 48.3 Å². The first-order chi connectivity index (χ1) is 12.7. The summed E-state index contributed by atoms with van der Waals surface area (Å²) in [6, 6.07) is 11.9. The second-order valence-electron chi connectivity index (χ2n) is 6.11. The molecule has 0 aliphatic rings. The number of hydrogen-bond acceptors (Lipinski definition) is 4. The molecule has 0 spiro atoms. The van der Waals surface area contributed by atoms with Crippen molar-refractivity contribution in [2.75, 3.05) is 12.0 Å². The molecule has 27 heavy (non-hydrogen) atoms. The Morgan fingerprint density at radius 1 is 1.11 bits per heavy atom. The summed E-state index contributed by atoms with van der Waals surface area (Å²) in [5, 5.41) is 4.00. The molecule has 0 aliphatic carbocycles. The normalized spacial score (nSPS) is 12.6. The van der Waals surface area contributed by atoms with Crippen molar-refractivity contribution >= 4 is 50.7 Å². The molecule has 0 aliphatic heterocycles. The van der Waals surface area contributed by atoms with Crippen LogP contribution in [0.5, 0.6) is 0 Å². The standard InChI is InChI=1S/C19H21Cl2NO3S2/c1-3-18(14-5-7-15(8-6-14)27(2,24)25)22-19(23)12-26-11-13-4-9-16(20)17(21)10-13/h4-10,18H,3,11-12H2,1-2H3,(H,22,23). The Hall–Kier alpha value is -1.21. The first kappa shape index (κ1) is 22.1. The van der Waals surface area contributed by atoms with E-state index in [0.717, 1.165) is 11.1 Å². The highest BCUT2D eigenvalue weighted by atomic mass is 35.5. The zero-order valence-electron chi connectivity index (χ0n) is 15.0. The number of sulfone groups is 1. The number of nitrogens with one attached hydrogen (secondary N) is 1. The number of rotatable bonds is 8. The second kappa shape index (κ2) is 9.82. The van der Waals surface area contributed by atoms with Crippen LogP contribution < -0.4 is 5.32 Å². The number of hydrogen-bond donors (Lipinski definition) is 1. The molecule has 2 aromatic rings. The van der Waals surface area contributed by atoms with Gasteiger partial charge < -0.3 is 5.32 Å². The molecule has 0 aromatic heterocycles. The minimum Gasteiger partial charge on any atom is -0.349 e. The van der Waals surface area contributed by atoms with Gasteiger partial charge in [-0.25, -0.2) is 8.42 Å². The van der Waals surface area contributed by atoms with Gasteiger partial charge in [-0.15, -0.1) is 11.8 Å². The zero-order valence-corrected chi connectivity index (χ0v) is 18.2. The molecule has 0 heterocycles. The molecular weight excluding hydrogens is 425 g/mol. The first-order valence-corrected chi connectivity index (χ1v) is 12.1. The van der Waals surface area contributed by atoms with E-state index in [1.54, 1.807) is 36.4 Å². The third-order valence-corrected chi connectivity index (χ3v) is 6.81. The van der Waals surface area contributed by atoms with E-state index in [1.807, 2.05) is 13.0 Å². The number of thioether (sulfide) groups is 1. The van der Waals surface area contributed by atoms with Crippen LogP contribution in [0.1, 0.15) is 30.5 Å². The molecule has 8 heteroatoms. The Morgan fingerprint density at radius 3 is 2.33 bits per heavy atom. The van der Waals surface area contributed by atoms with E-state index in [-0.39, 0.29) is 16.8 Å². The zero-order chi connectivity index (χ0) is 20.0. The molecule has 2 aromatic carbocycles. The third kappa shape index (κ3) is 6.71. The Kier molecular flexibility index (Phi) is 8.04. The van der Waals surface area contributed by atoms with Crippen LogP contribution in [-0.2, 0) is 20.4 Å². The van der Waals surface area contributed by atoms with E-state index < -0.39 is 9.84 Å². The van der Waals surface area contributed by atoms with Crippen LogP contribution in [0.3, 0.4) is 0 Å². The minimum atomic E-state index is -3.23. The van der Waals surface area contributed by atoms with Crippen molar-refractivity contribution in [3.8, 4) is 0 Å². The summed E-state index contributed by atoms with van der Waals surface area (Å²) in [7, 11) is -3.23. The van der Waals surface area contributed by atoms with Gasteiger partial charge in [0.15, 0.2) is 9.84 Å². The van der Waals surface area contributed by atoms with Gasteiger partial charge in [0.05, 0.1) is 26.7 Å². The van der Waals surface area contributed by atoms with Crippen LogP contribution in [0.2, 0.25) is 10.0 Å². The fourth-order valence-electron chi connectivity index (χ4n) is 2.50. The molecule has 0 saturated carbocycles. The summed E-state index contributed by atoms with van der Waals surface area (Å²) in [6.45, 7) is 1.97. The first-order valence-electron chi connectivity index (χ1n) is 8.31. The predicted octanol–water partition coefficient (Wildman–Crippen LogP) is 4.90. The van der Waals surface area contributed by atoms with E-state index in [2.05, 4.69) is 5.32 Å². The quantitative estimate of drug-likeness (QED) is 0.627. The van der Waals surface area contributed by atoms with Crippen LogP contribution in [0.25, 0.3) is 0 Å². The maximum atomic E-state index is 12.2. The van der Waals surface area contributed by atoms with Crippen LogP contribution in [0, 0.1) is 0 Å². The van der Waals surface area contributed by atoms with Gasteiger partial charge in [0.1, 0.15) is 0 Å². The van der Waals surface area contributed by atoms with Crippen LogP contribution in [0.15, 0.2) is 47.4 Å². The number of carbonyl (C=O) groups is 1. The van der Waals surface area contributed by atoms with Crippen molar-refractivity contribution in [1.82, 2.24) is 5.32 Å². The molecule has 0 fully saturated rings. The van der Waals surface area contributed by atoms with Gasteiger partial charge in [-0.05, 0) is 41.8 Å². The fourth-order valence-corrected chi connectivity index (χ4v) is 4.23. The summed E-state index contributed by atoms with van der Waals surface area (Å²) < 4.78 is 23.1. The lowest BCUT2D eigenvalue weighted by Gasteiger charge is -2.18. The summed E-state index contributed by atoms with van der Waals surface area (Å²) in [6.07, 6.45) is 1.88. The van der Waals surface area contributed by atoms with Crippen LogP contribution in [-0.4, -0.2) is 26.3 Å². The largest absolute Gasteiger partial charge is 0.349 e. The monoisotopic (exact) mass is 445 g/mol. The van der Waals surface area contributed by atoms with Crippen LogP contribution in [0.4, 0.5) is 0 Å². The lowest BCUT2D eigenvalue weighted by Crippen LogP contribution is -2.29. The number of carbonyl (C=O) groups excluding carboxylic acids is 1. The fraction of sp³-hybridized carbons (Fsp3) is 0.316. The van der Waals surface area contributed by atoms with E-state index in [0.29, 0.717) is 28.0 Å². The Balaban J connectivity index is 1.89. The Morgan fingerprint density at radius 2 is 1.78 bits per heavy atom. The molecular formula is C19H21Cl2NO3S2.